The average molecular weight is 353 g/mol. The molecule has 0 heterocycles. The molecular formula is C21H40N2O2. The zero-order valence-electron chi connectivity index (χ0n) is 17.2. The minimum atomic E-state index is -0.487. The summed E-state index contributed by atoms with van der Waals surface area (Å²) in [6.45, 7) is 14.2. The van der Waals surface area contributed by atoms with Crippen LogP contribution in [0.3, 0.4) is 0 Å². The Labute approximate surface area is 154 Å². The minimum Gasteiger partial charge on any atom is -0.445 e. The first-order chi connectivity index (χ1) is 11.7. The number of nitrogens with two attached hydrogens (primary N) is 1. The number of nitrogens with one attached hydrogen (secondary N) is 1. The highest BCUT2D eigenvalue weighted by Crippen LogP contribution is 2.62. The Balaban J connectivity index is 2.29. The molecule has 0 radical (unpaired) electrons. The van der Waals surface area contributed by atoms with E-state index in [-0.39, 0.29) is 16.9 Å². The summed E-state index contributed by atoms with van der Waals surface area (Å²) in [5.41, 5.74) is 2.60. The van der Waals surface area contributed by atoms with Crippen LogP contribution in [0, 0.1) is 34.5 Å². The van der Waals surface area contributed by atoms with Gasteiger partial charge < -0.3 is 4.74 Å². The molecule has 0 aromatic heterocycles. The molecule has 6 atom stereocenters. The molecule has 0 aromatic carbocycles. The number of hydrazine groups is 1. The Hall–Kier alpha value is -0.770. The monoisotopic (exact) mass is 352 g/mol. The van der Waals surface area contributed by atoms with Crippen molar-refractivity contribution in [2.24, 2.45) is 40.3 Å². The van der Waals surface area contributed by atoms with Crippen molar-refractivity contribution in [3.8, 4) is 0 Å². The van der Waals surface area contributed by atoms with Crippen LogP contribution in [-0.4, -0.2) is 12.2 Å². The Morgan fingerprint density at radius 1 is 1.32 bits per heavy atom. The van der Waals surface area contributed by atoms with Crippen molar-refractivity contribution in [2.45, 2.75) is 92.6 Å². The summed E-state index contributed by atoms with van der Waals surface area (Å²) in [7, 11) is 0. The normalized spacial score (nSPS) is 38.5. The van der Waals surface area contributed by atoms with Gasteiger partial charge in [0, 0.05) is 5.92 Å². The van der Waals surface area contributed by atoms with Crippen LogP contribution in [0.25, 0.3) is 0 Å². The smallest absolute Gasteiger partial charge is 0.421 e. The van der Waals surface area contributed by atoms with Gasteiger partial charge in [0.25, 0.3) is 0 Å². The lowest BCUT2D eigenvalue weighted by Gasteiger charge is -2.61. The SMILES string of the molecule is CC[C@@H](C)CC[C@H]1[C@@H](C)C[C@H](OC(=O)NN)[C@H]2C(C)(C)CCC[C@]12C. The van der Waals surface area contributed by atoms with Gasteiger partial charge in [0.05, 0.1) is 0 Å². The van der Waals surface area contributed by atoms with E-state index in [1.807, 2.05) is 0 Å². The molecule has 0 bridgehead atoms. The molecule has 146 valence electrons. The van der Waals surface area contributed by atoms with Crippen molar-refractivity contribution in [2.75, 3.05) is 0 Å². The van der Waals surface area contributed by atoms with E-state index in [1.54, 1.807) is 0 Å². The van der Waals surface area contributed by atoms with Crippen molar-refractivity contribution in [3.05, 3.63) is 0 Å². The number of hydrogen-bond acceptors (Lipinski definition) is 3. The van der Waals surface area contributed by atoms with Gasteiger partial charge in [0.2, 0.25) is 0 Å². The molecule has 3 N–H and O–H groups in total. The van der Waals surface area contributed by atoms with Crippen LogP contribution in [0.2, 0.25) is 0 Å². The summed E-state index contributed by atoms with van der Waals surface area (Å²) < 4.78 is 5.80. The maximum absolute atomic E-state index is 11.9. The van der Waals surface area contributed by atoms with Gasteiger partial charge in [-0.15, -0.1) is 0 Å². The van der Waals surface area contributed by atoms with Gasteiger partial charge in [-0.3, -0.25) is 5.43 Å². The first-order valence-corrected chi connectivity index (χ1v) is 10.3. The highest BCUT2D eigenvalue weighted by molar-refractivity contribution is 5.66. The third-order valence-corrected chi connectivity index (χ3v) is 7.64. The molecule has 2 aliphatic carbocycles. The molecule has 2 saturated carbocycles. The molecule has 2 aliphatic rings. The number of fused-ring (bicyclic) bond motifs is 1. The highest BCUT2D eigenvalue weighted by atomic mass is 16.6. The summed E-state index contributed by atoms with van der Waals surface area (Å²) in [4.78, 5) is 11.9. The van der Waals surface area contributed by atoms with E-state index < -0.39 is 6.09 Å². The molecule has 25 heavy (non-hydrogen) atoms. The van der Waals surface area contributed by atoms with Gasteiger partial charge in [-0.05, 0) is 54.3 Å². The molecule has 4 heteroatoms. The summed E-state index contributed by atoms with van der Waals surface area (Å²) in [5, 5.41) is 0. The standard InChI is InChI=1S/C21H40N2O2/c1-7-14(2)9-10-16-15(3)13-17(25-19(24)23-22)18-20(4,5)11-8-12-21(16,18)6/h14-18H,7-13,22H2,1-6H3,(H,23,24)/t14-,15+,16+,17+,18+,21-/m1/s1. The highest BCUT2D eigenvalue weighted by Gasteiger charge is 2.58. The van der Waals surface area contributed by atoms with Gasteiger partial charge >= 0.3 is 6.09 Å². The molecule has 1 amide bonds. The Bertz CT molecular complexity index is 465. The van der Waals surface area contributed by atoms with E-state index in [0.29, 0.717) is 17.8 Å². The number of hydrogen-bond donors (Lipinski definition) is 2. The lowest BCUT2D eigenvalue weighted by molar-refractivity contribution is -0.160. The predicted octanol–water partition coefficient (Wildman–Crippen LogP) is 5.27. The summed E-state index contributed by atoms with van der Waals surface area (Å²) in [5.74, 6) is 7.79. The van der Waals surface area contributed by atoms with Gasteiger partial charge in [0.15, 0.2) is 0 Å². The Morgan fingerprint density at radius 2 is 2.00 bits per heavy atom. The molecule has 0 spiro atoms. The van der Waals surface area contributed by atoms with Crippen LogP contribution in [0.15, 0.2) is 0 Å². The first kappa shape index (κ1) is 20.5. The Morgan fingerprint density at radius 3 is 2.60 bits per heavy atom. The lowest BCUT2D eigenvalue weighted by atomic mass is 9.45. The number of carbonyl (C=O) groups is 1. The van der Waals surface area contributed by atoms with Gasteiger partial charge in [-0.2, -0.15) is 0 Å². The molecule has 2 fully saturated rings. The van der Waals surface area contributed by atoms with Gasteiger partial charge in [0.1, 0.15) is 6.10 Å². The summed E-state index contributed by atoms with van der Waals surface area (Å²) >= 11 is 0. The van der Waals surface area contributed by atoms with Crippen LogP contribution in [0.4, 0.5) is 4.79 Å². The fourth-order valence-electron chi connectivity index (χ4n) is 6.36. The second kappa shape index (κ2) is 7.85. The third-order valence-electron chi connectivity index (χ3n) is 7.64. The second-order valence-electron chi connectivity index (χ2n) is 9.82. The summed E-state index contributed by atoms with van der Waals surface area (Å²) in [6, 6.07) is 0. The van der Waals surface area contributed by atoms with Crippen molar-refractivity contribution < 1.29 is 9.53 Å². The van der Waals surface area contributed by atoms with E-state index >= 15 is 0 Å². The first-order valence-electron chi connectivity index (χ1n) is 10.3. The summed E-state index contributed by atoms with van der Waals surface area (Å²) in [6.07, 6.45) is 8.06. The molecule has 4 nitrogen and oxygen atoms in total. The van der Waals surface area contributed by atoms with Crippen LogP contribution >= 0.6 is 0 Å². The van der Waals surface area contributed by atoms with Gasteiger partial charge in [-0.25, -0.2) is 10.6 Å². The zero-order valence-corrected chi connectivity index (χ0v) is 17.2. The van der Waals surface area contributed by atoms with Crippen molar-refractivity contribution in [1.29, 1.82) is 0 Å². The van der Waals surface area contributed by atoms with Crippen LogP contribution in [-0.2, 0) is 4.74 Å². The topological polar surface area (TPSA) is 64.3 Å². The van der Waals surface area contributed by atoms with Crippen molar-refractivity contribution in [3.63, 3.8) is 0 Å². The van der Waals surface area contributed by atoms with Gasteiger partial charge in [-0.1, -0.05) is 60.8 Å². The fourth-order valence-corrected chi connectivity index (χ4v) is 6.36. The number of carbonyl (C=O) groups excluding carboxylic acids is 1. The van der Waals surface area contributed by atoms with E-state index in [1.165, 1.54) is 38.5 Å². The maximum Gasteiger partial charge on any atom is 0.421 e. The lowest BCUT2D eigenvalue weighted by Crippen LogP contribution is -2.58. The molecular weight excluding hydrogens is 312 g/mol. The van der Waals surface area contributed by atoms with E-state index in [4.69, 9.17) is 10.6 Å². The van der Waals surface area contributed by atoms with Crippen LogP contribution in [0.5, 0.6) is 0 Å². The third kappa shape index (κ3) is 4.15. The van der Waals surface area contributed by atoms with E-state index in [9.17, 15) is 4.79 Å². The number of amides is 1. The van der Waals surface area contributed by atoms with Crippen LogP contribution < -0.4 is 11.3 Å². The number of rotatable bonds is 5. The molecule has 0 unspecified atom stereocenters. The van der Waals surface area contributed by atoms with Crippen LogP contribution in [0.1, 0.15) is 86.5 Å². The quantitative estimate of drug-likeness (QED) is 0.402. The molecule has 0 saturated heterocycles. The Kier molecular flexibility index (Phi) is 6.45. The van der Waals surface area contributed by atoms with Crippen molar-refractivity contribution >= 4 is 6.09 Å². The zero-order chi connectivity index (χ0) is 18.8. The minimum absolute atomic E-state index is 0.0290. The van der Waals surface area contributed by atoms with E-state index in [2.05, 4.69) is 47.0 Å². The fraction of sp³-hybridized carbons (Fsp3) is 0.952. The molecule has 0 aliphatic heterocycles. The predicted molar refractivity (Wildman–Crippen MR) is 103 cm³/mol. The second-order valence-corrected chi connectivity index (χ2v) is 9.82. The van der Waals surface area contributed by atoms with E-state index in [0.717, 1.165) is 12.3 Å². The largest absolute Gasteiger partial charge is 0.445 e. The maximum atomic E-state index is 11.9. The molecule has 2 rings (SSSR count). The molecule has 0 aromatic rings. The number of ether oxygens (including phenoxy) is 1. The average Bonchev–Trinajstić information content (AvgIpc) is 2.52. The van der Waals surface area contributed by atoms with Crippen molar-refractivity contribution in [1.82, 2.24) is 5.43 Å².